The van der Waals surface area contributed by atoms with Crippen LogP contribution in [-0.2, 0) is 9.59 Å². The molecule has 1 aromatic rings. The van der Waals surface area contributed by atoms with Gasteiger partial charge in [-0.2, -0.15) is 0 Å². The molecule has 0 spiro atoms. The molecule has 0 aliphatic heterocycles. The van der Waals surface area contributed by atoms with Gasteiger partial charge in [-0.3, -0.25) is 4.79 Å². The van der Waals surface area contributed by atoms with Crippen molar-refractivity contribution in [1.29, 1.82) is 0 Å². The van der Waals surface area contributed by atoms with E-state index >= 15 is 0 Å². The van der Waals surface area contributed by atoms with E-state index in [1.165, 1.54) is 12.1 Å². The molecule has 0 aliphatic rings. The van der Waals surface area contributed by atoms with Crippen LogP contribution in [0, 0.1) is 0 Å². The van der Waals surface area contributed by atoms with Crippen LogP contribution in [0.15, 0.2) is 30.3 Å². The molecule has 90 valence electrons. The van der Waals surface area contributed by atoms with Crippen molar-refractivity contribution in [3.8, 4) is 0 Å². The van der Waals surface area contributed by atoms with Crippen LogP contribution >= 0.6 is 11.8 Å². The molecule has 1 rings (SSSR count). The first-order chi connectivity index (χ1) is 8.00. The standard InChI is InChI=1S/C11H10O5S.2Na/c12-9(13)6-8(10(14)15)17-11(16)7-4-2-1-3-5-7;;/h1-5,8H,6H2,(H,12,13)(H,14,15);;/q;2*+1/p-2/t8-;;/m1../s1. The molecular weight excluding hydrogens is 290 g/mol. The number of hydrogen-bond acceptors (Lipinski definition) is 6. The summed E-state index contributed by atoms with van der Waals surface area (Å²) in [6, 6.07) is 7.99. The quantitative estimate of drug-likeness (QED) is 0.501. The van der Waals surface area contributed by atoms with E-state index < -0.39 is 28.7 Å². The molecule has 0 heterocycles. The Morgan fingerprint density at radius 3 is 2.00 bits per heavy atom. The van der Waals surface area contributed by atoms with Gasteiger partial charge in [0.05, 0.1) is 11.2 Å². The Balaban J connectivity index is 0. The molecule has 8 heteroatoms. The third kappa shape index (κ3) is 8.14. The average Bonchev–Trinajstić information content (AvgIpc) is 2.28. The third-order valence-electron chi connectivity index (χ3n) is 1.87. The zero-order valence-corrected chi connectivity index (χ0v) is 15.4. The van der Waals surface area contributed by atoms with Crippen molar-refractivity contribution >= 4 is 28.8 Å². The molecule has 0 aliphatic carbocycles. The van der Waals surface area contributed by atoms with Gasteiger partial charge in [-0.05, 0) is 0 Å². The van der Waals surface area contributed by atoms with Gasteiger partial charge < -0.3 is 19.8 Å². The van der Waals surface area contributed by atoms with Crippen LogP contribution in [0.4, 0.5) is 0 Å². The fourth-order valence-corrected chi connectivity index (χ4v) is 1.94. The number of thioether (sulfide) groups is 1. The number of carbonyl (C=O) groups excluding carboxylic acids is 3. The molecular formula is C11H8Na2O5S. The summed E-state index contributed by atoms with van der Waals surface area (Å²) in [5.41, 5.74) is 0.307. The predicted octanol–water partition coefficient (Wildman–Crippen LogP) is -7.17. The fraction of sp³-hybridized carbons (Fsp3) is 0.182. The van der Waals surface area contributed by atoms with E-state index in [-0.39, 0.29) is 59.1 Å². The maximum Gasteiger partial charge on any atom is 1.00 e. The molecule has 0 saturated heterocycles. The van der Waals surface area contributed by atoms with Crippen molar-refractivity contribution in [2.75, 3.05) is 0 Å². The molecule has 5 nitrogen and oxygen atoms in total. The summed E-state index contributed by atoms with van der Waals surface area (Å²) < 4.78 is 0. The van der Waals surface area contributed by atoms with Crippen LogP contribution in [0.2, 0.25) is 0 Å². The van der Waals surface area contributed by atoms with Crippen LogP contribution in [0.5, 0.6) is 0 Å². The second-order valence-corrected chi connectivity index (χ2v) is 4.33. The van der Waals surface area contributed by atoms with Crippen LogP contribution < -0.4 is 69.3 Å². The summed E-state index contributed by atoms with van der Waals surface area (Å²) in [6.45, 7) is 0. The second kappa shape index (κ2) is 10.9. The Hall–Kier alpha value is 0.180. The number of rotatable bonds is 5. The van der Waals surface area contributed by atoms with E-state index in [1.54, 1.807) is 18.2 Å². The molecule has 0 radical (unpaired) electrons. The summed E-state index contributed by atoms with van der Waals surface area (Å²) in [7, 11) is 0. The Bertz CT molecular complexity index is 438. The second-order valence-electron chi connectivity index (χ2n) is 3.16. The van der Waals surface area contributed by atoms with Gasteiger partial charge in [-0.1, -0.05) is 42.1 Å². The smallest absolute Gasteiger partial charge is 0.550 e. The van der Waals surface area contributed by atoms with Gasteiger partial charge in [-0.15, -0.1) is 0 Å². The minimum absolute atomic E-state index is 0. The molecule has 0 aromatic heterocycles. The Morgan fingerprint density at radius 1 is 1.05 bits per heavy atom. The van der Waals surface area contributed by atoms with Gasteiger partial charge in [0.2, 0.25) is 5.12 Å². The third-order valence-corrected chi connectivity index (χ3v) is 2.97. The minimum atomic E-state index is -1.59. The van der Waals surface area contributed by atoms with Crippen LogP contribution in [-0.4, -0.2) is 22.3 Å². The van der Waals surface area contributed by atoms with Crippen molar-refractivity contribution in [3.05, 3.63) is 35.9 Å². The first-order valence-electron chi connectivity index (χ1n) is 4.67. The molecule has 0 bridgehead atoms. The van der Waals surface area contributed by atoms with Gasteiger partial charge in [-0.25, -0.2) is 0 Å². The van der Waals surface area contributed by atoms with Crippen molar-refractivity contribution in [2.45, 2.75) is 11.7 Å². The van der Waals surface area contributed by atoms with E-state index in [1.807, 2.05) is 0 Å². The van der Waals surface area contributed by atoms with E-state index in [9.17, 15) is 24.6 Å². The van der Waals surface area contributed by atoms with Crippen LogP contribution in [0.1, 0.15) is 16.8 Å². The van der Waals surface area contributed by atoms with E-state index in [0.717, 1.165) is 0 Å². The summed E-state index contributed by atoms with van der Waals surface area (Å²) in [6.07, 6.45) is -0.758. The van der Waals surface area contributed by atoms with E-state index in [0.29, 0.717) is 17.3 Å². The Kier molecular flexibility index (Phi) is 12.3. The number of carbonyl (C=O) groups is 3. The normalized spacial score (nSPS) is 10.5. The zero-order valence-electron chi connectivity index (χ0n) is 10.6. The molecule has 1 atom stereocenters. The average molecular weight is 298 g/mol. The molecule has 0 fully saturated rings. The molecule has 19 heavy (non-hydrogen) atoms. The number of carboxylic acid groups (broad SMARTS) is 2. The first-order valence-corrected chi connectivity index (χ1v) is 5.55. The molecule has 1 aromatic carbocycles. The summed E-state index contributed by atoms with van der Waals surface area (Å²) in [5.74, 6) is -3.13. The number of aliphatic carboxylic acids is 2. The van der Waals surface area contributed by atoms with E-state index in [2.05, 4.69) is 0 Å². The summed E-state index contributed by atoms with van der Waals surface area (Å²) in [5, 5.41) is 19.0. The van der Waals surface area contributed by atoms with Crippen molar-refractivity contribution < 1.29 is 83.7 Å². The van der Waals surface area contributed by atoms with Gasteiger partial charge in [0.1, 0.15) is 0 Å². The Morgan fingerprint density at radius 2 is 1.58 bits per heavy atom. The van der Waals surface area contributed by atoms with Crippen molar-refractivity contribution in [2.24, 2.45) is 0 Å². The van der Waals surface area contributed by atoms with Gasteiger partial charge >= 0.3 is 59.1 Å². The molecule has 0 saturated carbocycles. The predicted molar refractivity (Wildman–Crippen MR) is 56.8 cm³/mol. The molecule has 0 amide bonds. The van der Waals surface area contributed by atoms with Crippen LogP contribution in [0.25, 0.3) is 0 Å². The summed E-state index contributed by atoms with van der Waals surface area (Å²) >= 11 is 0.412. The largest absolute Gasteiger partial charge is 1.00 e. The van der Waals surface area contributed by atoms with Gasteiger partial charge in [0.25, 0.3) is 0 Å². The van der Waals surface area contributed by atoms with E-state index in [4.69, 9.17) is 0 Å². The number of benzene rings is 1. The van der Waals surface area contributed by atoms with Gasteiger partial charge in [0, 0.05) is 18.0 Å². The maximum absolute atomic E-state index is 11.6. The first kappa shape index (κ1) is 21.5. The topological polar surface area (TPSA) is 97.3 Å². The monoisotopic (exact) mass is 298 g/mol. The number of hydrogen-bond donors (Lipinski definition) is 0. The zero-order chi connectivity index (χ0) is 12.8. The van der Waals surface area contributed by atoms with Crippen LogP contribution in [0.3, 0.4) is 0 Å². The minimum Gasteiger partial charge on any atom is -0.550 e. The fourth-order valence-electron chi connectivity index (χ4n) is 1.10. The maximum atomic E-state index is 11.6. The SMILES string of the molecule is O=C([O-])C[C@@H](SC(=O)c1ccccc1)C(=O)[O-].[Na+].[Na+]. The summed E-state index contributed by atoms with van der Waals surface area (Å²) in [4.78, 5) is 32.5. The Labute approximate surface area is 158 Å². The van der Waals surface area contributed by atoms with Crippen molar-refractivity contribution in [1.82, 2.24) is 0 Å². The molecule has 0 unspecified atom stereocenters. The van der Waals surface area contributed by atoms with Crippen molar-refractivity contribution in [3.63, 3.8) is 0 Å². The number of carboxylic acids is 2. The van der Waals surface area contributed by atoms with Gasteiger partial charge in [0.15, 0.2) is 0 Å². The molecule has 0 N–H and O–H groups in total.